The molecule has 0 aliphatic heterocycles. The van der Waals surface area contributed by atoms with Crippen molar-refractivity contribution in [3.8, 4) is 17.2 Å². The molecule has 9 heteroatoms. The summed E-state index contributed by atoms with van der Waals surface area (Å²) in [4.78, 5) is 37.4. The highest BCUT2D eigenvalue weighted by Crippen LogP contribution is 2.29. The maximum atomic E-state index is 13.8. The van der Waals surface area contributed by atoms with Crippen LogP contribution in [0, 0.1) is 17.1 Å². The summed E-state index contributed by atoms with van der Waals surface area (Å²) in [6, 6.07) is 9.66. The van der Waals surface area contributed by atoms with Crippen LogP contribution in [0.4, 0.5) is 9.18 Å². The van der Waals surface area contributed by atoms with Crippen LogP contribution >= 0.6 is 0 Å². The molecule has 1 fully saturated rings. The highest BCUT2D eigenvalue weighted by Gasteiger charge is 2.42. The van der Waals surface area contributed by atoms with E-state index in [9.17, 15) is 24.0 Å². The van der Waals surface area contributed by atoms with Gasteiger partial charge in [-0.25, -0.2) is 9.18 Å². The zero-order valence-corrected chi connectivity index (χ0v) is 21.2. The molecule has 0 bridgehead atoms. The Bertz CT molecular complexity index is 1180. The Morgan fingerprint density at radius 2 is 1.81 bits per heavy atom. The van der Waals surface area contributed by atoms with E-state index >= 15 is 0 Å². The minimum Gasteiger partial charge on any atom is -0.444 e. The van der Waals surface area contributed by atoms with Crippen molar-refractivity contribution in [3.63, 3.8) is 0 Å². The van der Waals surface area contributed by atoms with E-state index < -0.39 is 40.6 Å². The molecule has 0 radical (unpaired) electrons. The van der Waals surface area contributed by atoms with E-state index in [4.69, 9.17) is 4.74 Å². The lowest BCUT2D eigenvalue weighted by Crippen LogP contribution is -2.61. The number of nitrogens with one attached hydrogen (secondary N) is 2. The van der Waals surface area contributed by atoms with Gasteiger partial charge in [0.1, 0.15) is 17.2 Å². The molecule has 2 aromatic rings. The maximum Gasteiger partial charge on any atom is 0.408 e. The lowest BCUT2D eigenvalue weighted by Gasteiger charge is -2.37. The summed E-state index contributed by atoms with van der Waals surface area (Å²) in [5.41, 5.74) is -0.439. The van der Waals surface area contributed by atoms with Crippen LogP contribution in [0.3, 0.4) is 0 Å². The van der Waals surface area contributed by atoms with Crippen molar-refractivity contribution in [3.05, 3.63) is 58.3 Å². The number of alkyl carbamates (subject to hydrolysis) is 1. The van der Waals surface area contributed by atoms with E-state index in [1.165, 1.54) is 17.7 Å². The number of carbonyl (C=O) groups excluding carboxylic acids is 2. The normalized spacial score (nSPS) is 15.9. The molecule has 0 spiro atoms. The molecule has 3 rings (SSSR count). The van der Waals surface area contributed by atoms with E-state index in [2.05, 4.69) is 16.7 Å². The third kappa shape index (κ3) is 6.72. The second-order valence-corrected chi connectivity index (χ2v) is 10.3. The molecular weight excluding hydrogens is 463 g/mol. The number of rotatable bonds is 6. The maximum absolute atomic E-state index is 13.8. The van der Waals surface area contributed by atoms with E-state index in [1.807, 2.05) is 0 Å². The van der Waals surface area contributed by atoms with Crippen LogP contribution in [0.15, 0.2) is 41.3 Å². The molecule has 2 N–H and O–H groups in total. The standard InChI is InChI=1S/C27H33FN4O4/c1-26(2,3)36-25(35)31-27(12-6-5-7-13-27)24(34)30-21(16-29)14-18-8-10-19(11-9-18)20-15-22(28)23(33)32(4)17-20/h8-11,15,17,21H,5-7,12-14H2,1-4H3,(H,30,34)(H,31,35)/t21-/m0/s1. The molecule has 36 heavy (non-hydrogen) atoms. The summed E-state index contributed by atoms with van der Waals surface area (Å²) in [6.07, 6.45) is 4.65. The van der Waals surface area contributed by atoms with Crippen molar-refractivity contribution in [2.24, 2.45) is 7.05 Å². The number of benzene rings is 1. The average molecular weight is 497 g/mol. The number of amides is 2. The third-order valence-corrected chi connectivity index (χ3v) is 6.21. The predicted octanol–water partition coefficient (Wildman–Crippen LogP) is 3.97. The van der Waals surface area contributed by atoms with Crippen LogP contribution < -0.4 is 16.2 Å². The quantitative estimate of drug-likeness (QED) is 0.628. The fourth-order valence-corrected chi connectivity index (χ4v) is 4.39. The van der Waals surface area contributed by atoms with Crippen LogP contribution in [0.2, 0.25) is 0 Å². The molecule has 1 aliphatic rings. The minimum absolute atomic E-state index is 0.257. The third-order valence-electron chi connectivity index (χ3n) is 6.21. The Morgan fingerprint density at radius 1 is 1.17 bits per heavy atom. The van der Waals surface area contributed by atoms with Gasteiger partial charge in [-0.05, 0) is 50.8 Å². The SMILES string of the molecule is Cn1cc(-c2ccc(C[C@@H](C#N)NC(=O)C3(NC(=O)OC(C)(C)C)CCCCC3)cc2)cc(F)c1=O. The Kier molecular flexibility index (Phi) is 8.18. The van der Waals surface area contributed by atoms with Crippen molar-refractivity contribution in [1.82, 2.24) is 15.2 Å². The van der Waals surface area contributed by atoms with Crippen molar-refractivity contribution in [2.75, 3.05) is 0 Å². The van der Waals surface area contributed by atoms with E-state index in [0.29, 0.717) is 24.0 Å². The van der Waals surface area contributed by atoms with Gasteiger partial charge in [0.25, 0.3) is 5.56 Å². The fraction of sp³-hybridized carbons (Fsp3) is 0.481. The molecule has 2 amide bonds. The van der Waals surface area contributed by atoms with Gasteiger partial charge < -0.3 is 19.9 Å². The van der Waals surface area contributed by atoms with Gasteiger partial charge in [0.15, 0.2) is 5.82 Å². The number of hydrogen-bond acceptors (Lipinski definition) is 5. The van der Waals surface area contributed by atoms with E-state index in [1.54, 1.807) is 51.2 Å². The average Bonchev–Trinajstić information content (AvgIpc) is 2.81. The highest BCUT2D eigenvalue weighted by atomic mass is 19.1. The smallest absolute Gasteiger partial charge is 0.408 e. The van der Waals surface area contributed by atoms with Crippen LogP contribution in [0.1, 0.15) is 58.4 Å². The van der Waals surface area contributed by atoms with E-state index in [-0.39, 0.29) is 6.42 Å². The molecule has 1 heterocycles. The molecule has 192 valence electrons. The number of halogens is 1. The summed E-state index contributed by atoms with van der Waals surface area (Å²) in [5, 5.41) is 15.3. The first-order chi connectivity index (χ1) is 16.9. The van der Waals surface area contributed by atoms with Gasteiger partial charge in [-0.3, -0.25) is 9.59 Å². The number of pyridine rings is 1. The summed E-state index contributed by atoms with van der Waals surface area (Å²) < 4.78 is 20.4. The summed E-state index contributed by atoms with van der Waals surface area (Å²) in [5.74, 6) is -1.22. The zero-order chi connectivity index (χ0) is 26.5. The summed E-state index contributed by atoms with van der Waals surface area (Å²) in [7, 11) is 1.49. The van der Waals surface area contributed by atoms with Crippen LogP contribution in [-0.4, -0.2) is 33.7 Å². The minimum atomic E-state index is -1.12. The second kappa shape index (κ2) is 10.9. The Morgan fingerprint density at radius 3 is 2.36 bits per heavy atom. The first-order valence-electron chi connectivity index (χ1n) is 12.1. The van der Waals surface area contributed by atoms with Gasteiger partial charge in [0.2, 0.25) is 5.91 Å². The molecule has 8 nitrogen and oxygen atoms in total. The topological polar surface area (TPSA) is 113 Å². The van der Waals surface area contributed by atoms with Crippen LogP contribution in [0.5, 0.6) is 0 Å². The number of carbonyl (C=O) groups is 2. The number of nitriles is 1. The van der Waals surface area contributed by atoms with Gasteiger partial charge in [-0.1, -0.05) is 43.5 Å². The molecular formula is C27H33FN4O4. The van der Waals surface area contributed by atoms with Crippen LogP contribution in [-0.2, 0) is 23.0 Å². The Hall–Kier alpha value is -3.67. The Labute approximate surface area is 210 Å². The number of aryl methyl sites for hydroxylation is 1. The molecule has 1 aromatic heterocycles. The van der Waals surface area contributed by atoms with Gasteiger partial charge in [0.05, 0.1) is 6.07 Å². The zero-order valence-electron chi connectivity index (χ0n) is 21.2. The first-order valence-corrected chi connectivity index (χ1v) is 12.1. The number of nitrogens with zero attached hydrogens (tertiary/aromatic N) is 2. The molecule has 1 aliphatic carbocycles. The van der Waals surface area contributed by atoms with Gasteiger partial charge in [-0.15, -0.1) is 0 Å². The summed E-state index contributed by atoms with van der Waals surface area (Å²) >= 11 is 0. The Balaban J connectivity index is 1.71. The molecule has 0 saturated heterocycles. The molecule has 0 unspecified atom stereocenters. The van der Waals surface area contributed by atoms with Crippen molar-refractivity contribution in [2.45, 2.75) is 76.5 Å². The number of ether oxygens (including phenoxy) is 1. The second-order valence-electron chi connectivity index (χ2n) is 10.3. The highest BCUT2D eigenvalue weighted by molar-refractivity contribution is 5.90. The van der Waals surface area contributed by atoms with Crippen molar-refractivity contribution < 1.29 is 18.7 Å². The molecule has 1 aromatic carbocycles. The number of hydrogen-bond donors (Lipinski definition) is 2. The van der Waals surface area contributed by atoms with Crippen molar-refractivity contribution >= 4 is 12.0 Å². The number of aromatic nitrogens is 1. The van der Waals surface area contributed by atoms with Gasteiger partial charge >= 0.3 is 6.09 Å². The molecule has 1 atom stereocenters. The van der Waals surface area contributed by atoms with Crippen molar-refractivity contribution in [1.29, 1.82) is 5.26 Å². The van der Waals surface area contributed by atoms with Gasteiger partial charge in [0, 0.05) is 25.2 Å². The lowest BCUT2D eigenvalue weighted by molar-refractivity contribution is -0.129. The predicted molar refractivity (Wildman–Crippen MR) is 134 cm³/mol. The van der Waals surface area contributed by atoms with Crippen LogP contribution in [0.25, 0.3) is 11.1 Å². The lowest BCUT2D eigenvalue weighted by atomic mass is 9.80. The first kappa shape index (κ1) is 26.9. The molecule has 1 saturated carbocycles. The fourth-order valence-electron chi connectivity index (χ4n) is 4.39. The largest absolute Gasteiger partial charge is 0.444 e. The van der Waals surface area contributed by atoms with Gasteiger partial charge in [-0.2, -0.15) is 5.26 Å². The monoisotopic (exact) mass is 496 g/mol. The van der Waals surface area contributed by atoms with E-state index in [0.717, 1.165) is 24.8 Å². The summed E-state index contributed by atoms with van der Waals surface area (Å²) in [6.45, 7) is 5.27.